The van der Waals surface area contributed by atoms with Crippen LogP contribution in [-0.2, 0) is 5.33 Å². The zero-order chi connectivity index (χ0) is 12.3. The molecule has 2 rings (SSSR count). The van der Waals surface area contributed by atoms with E-state index in [9.17, 15) is 0 Å². The molecule has 0 aliphatic carbocycles. The second-order valence-electron chi connectivity index (χ2n) is 3.38. The van der Waals surface area contributed by atoms with Crippen LogP contribution >= 0.6 is 15.9 Å². The van der Waals surface area contributed by atoms with E-state index in [4.69, 9.17) is 14.0 Å². The quantitative estimate of drug-likeness (QED) is 0.813. The topological polar surface area (TPSA) is 44.5 Å². The molecule has 0 N–H and O–H groups in total. The molecular formula is C12H12BrNO3. The zero-order valence-corrected chi connectivity index (χ0v) is 11.2. The first kappa shape index (κ1) is 12.0. The maximum Gasteiger partial charge on any atom is 0.147 e. The lowest BCUT2D eigenvalue weighted by Crippen LogP contribution is -1.90. The number of aromatic nitrogens is 1. The predicted octanol–water partition coefficient (Wildman–Crippen LogP) is 3.25. The summed E-state index contributed by atoms with van der Waals surface area (Å²) in [7, 11) is 3.23. The third-order valence-corrected chi connectivity index (χ3v) is 2.93. The van der Waals surface area contributed by atoms with Crippen LogP contribution in [0, 0.1) is 0 Å². The number of rotatable bonds is 4. The Balaban J connectivity index is 2.43. The highest BCUT2D eigenvalue weighted by Crippen LogP contribution is 2.33. The Labute approximate surface area is 108 Å². The van der Waals surface area contributed by atoms with Gasteiger partial charge in [0.15, 0.2) is 0 Å². The monoisotopic (exact) mass is 297 g/mol. The summed E-state index contributed by atoms with van der Waals surface area (Å²) in [6.45, 7) is 0. The number of hydrogen-bond donors (Lipinski definition) is 0. The summed E-state index contributed by atoms with van der Waals surface area (Å²) in [5.41, 5.74) is 1.63. The summed E-state index contributed by atoms with van der Waals surface area (Å²) >= 11 is 3.32. The number of hydrogen-bond acceptors (Lipinski definition) is 4. The molecule has 4 nitrogen and oxygen atoms in total. The lowest BCUT2D eigenvalue weighted by molar-refractivity contribution is 0.390. The summed E-state index contributed by atoms with van der Waals surface area (Å²) in [6.07, 6.45) is 0. The third-order valence-electron chi connectivity index (χ3n) is 2.38. The fourth-order valence-corrected chi connectivity index (χ4v) is 1.78. The van der Waals surface area contributed by atoms with Gasteiger partial charge in [0.05, 0.1) is 19.5 Å². The maximum absolute atomic E-state index is 5.31. The number of methoxy groups -OCH3 is 2. The SMILES string of the molecule is COc1ccc(-c2cc(CBr)on2)c(OC)c1. The summed E-state index contributed by atoms with van der Waals surface area (Å²) in [5.74, 6) is 2.23. The van der Waals surface area contributed by atoms with Gasteiger partial charge in [-0.05, 0) is 12.1 Å². The first-order valence-electron chi connectivity index (χ1n) is 5.02. The average Bonchev–Trinajstić information content (AvgIpc) is 2.86. The summed E-state index contributed by atoms with van der Waals surface area (Å²) in [6, 6.07) is 7.45. The largest absolute Gasteiger partial charge is 0.497 e. The molecule has 0 atom stereocenters. The van der Waals surface area contributed by atoms with E-state index in [2.05, 4.69) is 21.1 Å². The van der Waals surface area contributed by atoms with Crippen molar-refractivity contribution in [1.29, 1.82) is 0 Å². The number of ether oxygens (including phenoxy) is 2. The van der Waals surface area contributed by atoms with Crippen LogP contribution in [0.3, 0.4) is 0 Å². The van der Waals surface area contributed by atoms with Crippen LogP contribution in [0.15, 0.2) is 28.8 Å². The predicted molar refractivity (Wildman–Crippen MR) is 67.7 cm³/mol. The van der Waals surface area contributed by atoms with Crippen molar-refractivity contribution in [3.05, 3.63) is 30.0 Å². The molecule has 1 aromatic carbocycles. The molecule has 1 aromatic heterocycles. The van der Waals surface area contributed by atoms with E-state index in [1.807, 2.05) is 24.3 Å². The van der Waals surface area contributed by atoms with E-state index in [0.717, 1.165) is 22.8 Å². The summed E-state index contributed by atoms with van der Waals surface area (Å²) in [5, 5.41) is 4.63. The van der Waals surface area contributed by atoms with Crippen molar-refractivity contribution in [3.63, 3.8) is 0 Å². The standard InChI is InChI=1S/C12H12BrNO3/c1-15-8-3-4-10(12(6-8)16-2)11-5-9(7-13)17-14-11/h3-6H,7H2,1-2H3. The van der Waals surface area contributed by atoms with Crippen LogP contribution in [0.5, 0.6) is 11.5 Å². The Morgan fingerprint density at radius 1 is 1.24 bits per heavy atom. The normalized spacial score (nSPS) is 10.3. The Hall–Kier alpha value is -1.49. The highest BCUT2D eigenvalue weighted by Gasteiger charge is 2.11. The van der Waals surface area contributed by atoms with Gasteiger partial charge in [0.2, 0.25) is 0 Å². The molecule has 0 unspecified atom stereocenters. The van der Waals surface area contributed by atoms with Crippen molar-refractivity contribution >= 4 is 15.9 Å². The van der Waals surface area contributed by atoms with Gasteiger partial charge >= 0.3 is 0 Å². The fourth-order valence-electron chi connectivity index (χ4n) is 1.51. The summed E-state index contributed by atoms with van der Waals surface area (Å²) in [4.78, 5) is 0. The highest BCUT2D eigenvalue weighted by atomic mass is 79.9. The van der Waals surface area contributed by atoms with Crippen LogP contribution in [0.2, 0.25) is 0 Å². The van der Waals surface area contributed by atoms with Crippen molar-refractivity contribution < 1.29 is 14.0 Å². The first-order chi connectivity index (χ1) is 8.28. The minimum absolute atomic E-state index is 0.637. The highest BCUT2D eigenvalue weighted by molar-refractivity contribution is 9.08. The molecule has 1 heterocycles. The van der Waals surface area contributed by atoms with Crippen molar-refractivity contribution in [3.8, 4) is 22.8 Å². The van der Waals surface area contributed by atoms with Crippen LogP contribution < -0.4 is 9.47 Å². The molecule has 0 saturated carbocycles. The molecule has 0 aliphatic rings. The first-order valence-corrected chi connectivity index (χ1v) is 6.14. The molecule has 2 aromatic rings. The molecule has 0 amide bonds. The molecule has 17 heavy (non-hydrogen) atoms. The number of alkyl halides is 1. The number of benzene rings is 1. The molecule has 0 fully saturated rings. The van der Waals surface area contributed by atoms with Gasteiger partial charge in [-0.2, -0.15) is 0 Å². The average molecular weight is 298 g/mol. The minimum Gasteiger partial charge on any atom is -0.497 e. The van der Waals surface area contributed by atoms with Gasteiger partial charge in [-0.3, -0.25) is 0 Å². The van der Waals surface area contributed by atoms with Gasteiger partial charge < -0.3 is 14.0 Å². The number of nitrogens with zero attached hydrogens (tertiary/aromatic N) is 1. The third kappa shape index (κ3) is 2.44. The van der Waals surface area contributed by atoms with E-state index in [-0.39, 0.29) is 0 Å². The van der Waals surface area contributed by atoms with Crippen molar-refractivity contribution in [1.82, 2.24) is 5.16 Å². The second-order valence-corrected chi connectivity index (χ2v) is 3.94. The van der Waals surface area contributed by atoms with Crippen molar-refractivity contribution in [2.24, 2.45) is 0 Å². The van der Waals surface area contributed by atoms with Gasteiger partial charge in [0, 0.05) is 17.7 Å². The number of halogens is 1. The molecule has 0 bridgehead atoms. The van der Waals surface area contributed by atoms with Crippen LogP contribution in [-0.4, -0.2) is 19.4 Å². The molecular weight excluding hydrogens is 286 g/mol. The molecule has 0 spiro atoms. The Kier molecular flexibility index (Phi) is 3.68. The van der Waals surface area contributed by atoms with Gasteiger partial charge in [-0.1, -0.05) is 21.1 Å². The van der Waals surface area contributed by atoms with Gasteiger partial charge in [-0.25, -0.2) is 0 Å². The van der Waals surface area contributed by atoms with E-state index in [0.29, 0.717) is 11.1 Å². The Morgan fingerprint density at radius 3 is 2.65 bits per heavy atom. The minimum atomic E-state index is 0.637. The smallest absolute Gasteiger partial charge is 0.147 e. The fraction of sp³-hybridized carbons (Fsp3) is 0.250. The molecule has 0 radical (unpaired) electrons. The molecule has 5 heteroatoms. The Morgan fingerprint density at radius 2 is 2.06 bits per heavy atom. The van der Waals surface area contributed by atoms with Crippen LogP contribution in [0.1, 0.15) is 5.76 Å². The van der Waals surface area contributed by atoms with E-state index >= 15 is 0 Å². The lowest BCUT2D eigenvalue weighted by atomic mass is 10.1. The second kappa shape index (κ2) is 5.23. The van der Waals surface area contributed by atoms with Crippen LogP contribution in [0.25, 0.3) is 11.3 Å². The Bertz CT molecular complexity index is 510. The molecule has 90 valence electrons. The van der Waals surface area contributed by atoms with E-state index < -0.39 is 0 Å². The molecule has 0 aliphatic heterocycles. The van der Waals surface area contributed by atoms with Crippen LogP contribution in [0.4, 0.5) is 0 Å². The van der Waals surface area contributed by atoms with Crippen molar-refractivity contribution in [2.45, 2.75) is 5.33 Å². The molecule has 0 saturated heterocycles. The van der Waals surface area contributed by atoms with Gasteiger partial charge in [0.25, 0.3) is 0 Å². The zero-order valence-electron chi connectivity index (χ0n) is 9.57. The van der Waals surface area contributed by atoms with E-state index in [1.165, 1.54) is 0 Å². The maximum atomic E-state index is 5.31. The van der Waals surface area contributed by atoms with Gasteiger partial charge in [0.1, 0.15) is 23.0 Å². The van der Waals surface area contributed by atoms with Gasteiger partial charge in [-0.15, -0.1) is 0 Å². The van der Waals surface area contributed by atoms with Crippen molar-refractivity contribution in [2.75, 3.05) is 14.2 Å². The summed E-state index contributed by atoms with van der Waals surface area (Å²) < 4.78 is 15.6. The van der Waals surface area contributed by atoms with E-state index in [1.54, 1.807) is 14.2 Å². The lowest BCUT2D eigenvalue weighted by Gasteiger charge is -2.07.